The predicted molar refractivity (Wildman–Crippen MR) is 112 cm³/mol. The molecule has 2 aromatic heterocycles. The maximum atomic E-state index is 11.7. The molecule has 10 heteroatoms. The number of carboxylic acid groups (broad SMARTS) is 1. The Morgan fingerprint density at radius 2 is 2.10 bits per heavy atom. The highest BCUT2D eigenvalue weighted by molar-refractivity contribution is 6.31. The van der Waals surface area contributed by atoms with Crippen LogP contribution in [0.3, 0.4) is 0 Å². The summed E-state index contributed by atoms with van der Waals surface area (Å²) >= 11 is 6.18. The van der Waals surface area contributed by atoms with E-state index in [1.807, 2.05) is 26.8 Å². The van der Waals surface area contributed by atoms with Crippen LogP contribution in [0, 0.1) is 5.41 Å². The number of carbonyl (C=O) groups is 1. The Labute approximate surface area is 177 Å². The summed E-state index contributed by atoms with van der Waals surface area (Å²) in [5.74, 6) is 0.603. The normalized spacial score (nSPS) is 19.4. The Bertz CT molecular complexity index is 1170. The quantitative estimate of drug-likeness (QED) is 0.582. The Morgan fingerprint density at radius 3 is 2.70 bits per heavy atom. The molecule has 3 N–H and O–H groups in total. The molecule has 0 spiro atoms. The van der Waals surface area contributed by atoms with Crippen LogP contribution in [0.5, 0.6) is 5.88 Å². The van der Waals surface area contributed by atoms with Gasteiger partial charge in [0.2, 0.25) is 5.88 Å². The van der Waals surface area contributed by atoms with Gasteiger partial charge in [0.1, 0.15) is 11.8 Å². The average Bonchev–Trinajstić information content (AvgIpc) is 3.28. The lowest BCUT2D eigenvalue weighted by Gasteiger charge is -2.32. The van der Waals surface area contributed by atoms with E-state index in [4.69, 9.17) is 16.3 Å². The van der Waals surface area contributed by atoms with E-state index in [-0.39, 0.29) is 29.9 Å². The third kappa shape index (κ3) is 3.85. The minimum Gasteiger partial charge on any atom is -0.472 e. The molecule has 3 aromatic rings. The standard InChI is InChI=1S/C20H22ClN5O4/c1-20(2,3)15-8-12(9-26(15)19(28)29)30-17-13-7-11(21)5-4-10(13)6-14(22-17)16-23-18(27)25-24-16/h4-7,12,15H,8-9H2,1-3H3,(H,28,29)(H2,23,24,25,27). The van der Waals surface area contributed by atoms with Crippen LogP contribution >= 0.6 is 11.6 Å². The number of halogens is 1. The van der Waals surface area contributed by atoms with E-state index in [0.717, 1.165) is 5.39 Å². The Balaban J connectivity index is 1.73. The molecular weight excluding hydrogens is 410 g/mol. The maximum absolute atomic E-state index is 11.7. The number of fused-ring (bicyclic) bond motifs is 1. The van der Waals surface area contributed by atoms with Crippen LogP contribution in [0.15, 0.2) is 29.1 Å². The van der Waals surface area contributed by atoms with E-state index in [2.05, 4.69) is 20.2 Å². The number of aromatic amines is 2. The molecule has 1 aliphatic heterocycles. The summed E-state index contributed by atoms with van der Waals surface area (Å²) in [4.78, 5) is 31.8. The van der Waals surface area contributed by atoms with E-state index in [1.54, 1.807) is 18.2 Å². The van der Waals surface area contributed by atoms with Gasteiger partial charge in [0, 0.05) is 22.9 Å². The lowest BCUT2D eigenvalue weighted by atomic mass is 9.85. The molecule has 1 amide bonds. The molecule has 0 bridgehead atoms. The van der Waals surface area contributed by atoms with Crippen LogP contribution in [0.25, 0.3) is 22.3 Å². The first kappa shape index (κ1) is 20.2. The van der Waals surface area contributed by atoms with Gasteiger partial charge in [0.25, 0.3) is 0 Å². The number of hydrogen-bond donors (Lipinski definition) is 3. The minimum absolute atomic E-state index is 0.180. The van der Waals surface area contributed by atoms with E-state index in [9.17, 15) is 14.7 Å². The molecule has 1 aliphatic rings. The third-order valence-electron chi connectivity index (χ3n) is 5.29. The Kier molecular flexibility index (Phi) is 4.93. The van der Waals surface area contributed by atoms with Gasteiger partial charge in [-0.1, -0.05) is 38.4 Å². The minimum atomic E-state index is -0.968. The number of benzene rings is 1. The number of likely N-dealkylation sites (tertiary alicyclic amines) is 1. The molecule has 0 radical (unpaired) electrons. The van der Waals surface area contributed by atoms with Crippen molar-refractivity contribution >= 4 is 28.5 Å². The van der Waals surface area contributed by atoms with Crippen molar-refractivity contribution in [2.75, 3.05) is 6.54 Å². The number of ether oxygens (including phenoxy) is 1. The Morgan fingerprint density at radius 1 is 1.33 bits per heavy atom. The van der Waals surface area contributed by atoms with Gasteiger partial charge in [-0.15, -0.1) is 0 Å². The van der Waals surface area contributed by atoms with E-state index in [0.29, 0.717) is 28.4 Å². The number of rotatable bonds is 3. The molecule has 3 heterocycles. The van der Waals surface area contributed by atoms with Gasteiger partial charge in [0.15, 0.2) is 5.82 Å². The molecule has 2 atom stereocenters. The van der Waals surface area contributed by atoms with Gasteiger partial charge in [-0.3, -0.25) is 4.98 Å². The highest BCUT2D eigenvalue weighted by atomic mass is 35.5. The van der Waals surface area contributed by atoms with Gasteiger partial charge in [-0.05, 0) is 29.0 Å². The molecule has 0 saturated carbocycles. The number of nitrogens with zero attached hydrogens (tertiary/aromatic N) is 3. The lowest BCUT2D eigenvalue weighted by molar-refractivity contribution is 0.105. The second kappa shape index (κ2) is 7.32. The van der Waals surface area contributed by atoms with Crippen molar-refractivity contribution in [3.8, 4) is 17.4 Å². The van der Waals surface area contributed by atoms with Crippen molar-refractivity contribution in [3.05, 3.63) is 39.8 Å². The highest BCUT2D eigenvalue weighted by Crippen LogP contribution is 2.36. The summed E-state index contributed by atoms with van der Waals surface area (Å²) in [5.41, 5.74) is -0.240. The van der Waals surface area contributed by atoms with Crippen molar-refractivity contribution in [1.82, 2.24) is 25.1 Å². The fourth-order valence-electron chi connectivity index (χ4n) is 3.86. The van der Waals surface area contributed by atoms with Crippen molar-refractivity contribution in [3.63, 3.8) is 0 Å². The fraction of sp³-hybridized carbons (Fsp3) is 0.400. The summed E-state index contributed by atoms with van der Waals surface area (Å²) < 4.78 is 6.21. The summed E-state index contributed by atoms with van der Waals surface area (Å²) in [6.45, 7) is 6.28. The zero-order valence-electron chi connectivity index (χ0n) is 16.8. The number of hydrogen-bond acceptors (Lipinski definition) is 5. The molecule has 1 saturated heterocycles. The summed E-state index contributed by atoms with van der Waals surface area (Å²) in [6.07, 6.45) is -0.790. The second-order valence-corrected chi connectivity index (χ2v) is 8.93. The number of pyridine rings is 1. The van der Waals surface area contributed by atoms with Crippen molar-refractivity contribution in [2.45, 2.75) is 39.3 Å². The zero-order valence-corrected chi connectivity index (χ0v) is 17.5. The number of H-pyrrole nitrogens is 2. The highest BCUT2D eigenvalue weighted by Gasteiger charge is 2.43. The van der Waals surface area contributed by atoms with Gasteiger partial charge in [-0.2, -0.15) is 5.10 Å². The molecule has 30 heavy (non-hydrogen) atoms. The predicted octanol–water partition coefficient (Wildman–Crippen LogP) is 3.51. The number of aromatic nitrogens is 4. The molecule has 2 unspecified atom stereocenters. The molecule has 0 aliphatic carbocycles. The van der Waals surface area contributed by atoms with Gasteiger partial charge in [0.05, 0.1) is 6.54 Å². The first-order chi connectivity index (χ1) is 14.1. The SMILES string of the molecule is CC(C)(C)C1CC(Oc2nc(-c3n[nH]c(=O)[nH]3)cc3ccc(Cl)cc23)CN1C(=O)O. The average molecular weight is 432 g/mol. The maximum Gasteiger partial charge on any atom is 0.407 e. The molecule has 158 valence electrons. The second-order valence-electron chi connectivity index (χ2n) is 8.50. The molecule has 9 nitrogen and oxygen atoms in total. The van der Waals surface area contributed by atoms with Crippen LogP contribution in [-0.4, -0.2) is 55.0 Å². The van der Waals surface area contributed by atoms with Crippen molar-refractivity contribution in [2.24, 2.45) is 5.41 Å². The zero-order chi connectivity index (χ0) is 21.6. The summed E-state index contributed by atoms with van der Waals surface area (Å²) in [5, 5.41) is 17.9. The number of amides is 1. The third-order valence-corrected chi connectivity index (χ3v) is 5.53. The van der Waals surface area contributed by atoms with Crippen molar-refractivity contribution in [1.29, 1.82) is 0 Å². The number of nitrogens with one attached hydrogen (secondary N) is 2. The van der Waals surface area contributed by atoms with E-state index < -0.39 is 11.8 Å². The van der Waals surface area contributed by atoms with Crippen LogP contribution in [-0.2, 0) is 0 Å². The molecule has 4 rings (SSSR count). The van der Waals surface area contributed by atoms with Crippen LogP contribution in [0.4, 0.5) is 4.79 Å². The van der Waals surface area contributed by atoms with Gasteiger partial charge < -0.3 is 14.7 Å². The monoisotopic (exact) mass is 431 g/mol. The summed E-state index contributed by atoms with van der Waals surface area (Å²) in [7, 11) is 0. The topological polar surface area (TPSA) is 124 Å². The summed E-state index contributed by atoms with van der Waals surface area (Å²) in [6, 6.07) is 6.93. The van der Waals surface area contributed by atoms with Crippen LogP contribution < -0.4 is 10.4 Å². The van der Waals surface area contributed by atoms with Gasteiger partial charge in [-0.25, -0.2) is 19.7 Å². The Hall–Kier alpha value is -3.07. The van der Waals surface area contributed by atoms with Gasteiger partial charge >= 0.3 is 11.8 Å². The largest absolute Gasteiger partial charge is 0.472 e. The smallest absolute Gasteiger partial charge is 0.407 e. The first-order valence-corrected chi connectivity index (χ1v) is 9.91. The van der Waals surface area contributed by atoms with Crippen LogP contribution in [0.2, 0.25) is 5.02 Å². The van der Waals surface area contributed by atoms with E-state index in [1.165, 1.54) is 4.90 Å². The first-order valence-electron chi connectivity index (χ1n) is 9.53. The lowest BCUT2D eigenvalue weighted by Crippen LogP contribution is -2.42. The molecule has 1 fully saturated rings. The van der Waals surface area contributed by atoms with Crippen molar-refractivity contribution < 1.29 is 14.6 Å². The molecular formula is C20H22ClN5O4. The fourth-order valence-corrected chi connectivity index (χ4v) is 4.04. The van der Waals surface area contributed by atoms with Crippen LogP contribution in [0.1, 0.15) is 27.2 Å². The van der Waals surface area contributed by atoms with E-state index >= 15 is 0 Å². The molecule has 1 aromatic carbocycles.